The maximum atomic E-state index is 12.1. The zero-order valence-corrected chi connectivity index (χ0v) is 10.7. The van der Waals surface area contributed by atoms with E-state index in [0.717, 1.165) is 30.8 Å². The minimum Gasteiger partial charge on any atom is -0.350 e. The number of aryl methyl sites for hydroxylation is 1. The highest BCUT2D eigenvalue weighted by Crippen LogP contribution is 2.30. The van der Waals surface area contributed by atoms with E-state index in [1.165, 1.54) is 0 Å². The van der Waals surface area contributed by atoms with Crippen molar-refractivity contribution in [3.8, 4) is 0 Å². The Hall–Kier alpha value is -1.49. The fourth-order valence-corrected chi connectivity index (χ4v) is 2.58. The van der Waals surface area contributed by atoms with Crippen LogP contribution in [0.5, 0.6) is 0 Å². The molecule has 98 valence electrons. The van der Waals surface area contributed by atoms with E-state index in [1.807, 2.05) is 13.0 Å². The molecule has 0 aliphatic heterocycles. The highest BCUT2D eigenvalue weighted by molar-refractivity contribution is 5.79. The van der Waals surface area contributed by atoms with Crippen molar-refractivity contribution in [1.29, 1.82) is 0 Å². The monoisotopic (exact) mass is 248 g/mol. The molecule has 0 radical (unpaired) electrons. The quantitative estimate of drug-likeness (QED) is 0.825. The standard InChI is InChI=1S/C13H20N4O/c1-9-15-6-5-11(17-9)8-16-13(18)12-4-2-3-10(12)7-14/h5-6,10,12H,2-4,7-8,14H2,1H3,(H,16,18)/t10-,12-/m1/s1. The highest BCUT2D eigenvalue weighted by Gasteiger charge is 2.31. The minimum absolute atomic E-state index is 0.0814. The highest BCUT2D eigenvalue weighted by atomic mass is 16.1. The van der Waals surface area contributed by atoms with Crippen molar-refractivity contribution >= 4 is 5.91 Å². The van der Waals surface area contributed by atoms with Gasteiger partial charge in [-0.1, -0.05) is 6.42 Å². The SMILES string of the molecule is Cc1nccc(CNC(=O)[C@@H]2CCC[C@@H]2CN)n1. The maximum absolute atomic E-state index is 12.1. The van der Waals surface area contributed by atoms with Crippen LogP contribution in [-0.4, -0.2) is 22.4 Å². The van der Waals surface area contributed by atoms with Gasteiger partial charge in [0.2, 0.25) is 5.91 Å². The predicted octanol–water partition coefficient (Wildman–Crippen LogP) is 0.776. The summed E-state index contributed by atoms with van der Waals surface area (Å²) in [6.45, 7) is 2.91. The Labute approximate surface area is 107 Å². The molecule has 5 heteroatoms. The number of nitrogens with zero attached hydrogens (tertiary/aromatic N) is 2. The molecule has 0 spiro atoms. The molecule has 3 N–H and O–H groups in total. The van der Waals surface area contributed by atoms with Gasteiger partial charge in [-0.15, -0.1) is 0 Å². The fraction of sp³-hybridized carbons (Fsp3) is 0.615. The molecule has 0 bridgehead atoms. The lowest BCUT2D eigenvalue weighted by Gasteiger charge is -2.17. The van der Waals surface area contributed by atoms with Crippen LogP contribution in [0.15, 0.2) is 12.3 Å². The second kappa shape index (κ2) is 5.91. The second-order valence-electron chi connectivity index (χ2n) is 4.85. The number of nitrogens with two attached hydrogens (primary N) is 1. The molecule has 0 saturated heterocycles. The number of amides is 1. The Morgan fingerprint density at radius 1 is 1.56 bits per heavy atom. The average Bonchev–Trinajstić information content (AvgIpc) is 2.84. The second-order valence-corrected chi connectivity index (χ2v) is 4.85. The van der Waals surface area contributed by atoms with Crippen molar-refractivity contribution < 1.29 is 4.79 Å². The summed E-state index contributed by atoms with van der Waals surface area (Å²) in [6, 6.07) is 1.82. The van der Waals surface area contributed by atoms with Gasteiger partial charge >= 0.3 is 0 Å². The number of nitrogens with one attached hydrogen (secondary N) is 1. The van der Waals surface area contributed by atoms with Gasteiger partial charge < -0.3 is 11.1 Å². The fourth-order valence-electron chi connectivity index (χ4n) is 2.58. The van der Waals surface area contributed by atoms with Gasteiger partial charge in [-0.25, -0.2) is 9.97 Å². The van der Waals surface area contributed by atoms with Crippen LogP contribution >= 0.6 is 0 Å². The Morgan fingerprint density at radius 2 is 2.39 bits per heavy atom. The Balaban J connectivity index is 1.88. The smallest absolute Gasteiger partial charge is 0.223 e. The summed E-state index contributed by atoms with van der Waals surface area (Å²) in [4.78, 5) is 20.4. The van der Waals surface area contributed by atoms with Gasteiger partial charge in [0.15, 0.2) is 0 Å². The molecule has 2 atom stereocenters. The normalized spacial score (nSPS) is 23.0. The summed E-state index contributed by atoms with van der Waals surface area (Å²) in [5, 5.41) is 2.95. The first kappa shape index (κ1) is 13.0. The van der Waals surface area contributed by atoms with Gasteiger partial charge in [-0.2, -0.15) is 0 Å². The summed E-state index contributed by atoms with van der Waals surface area (Å²) in [6.07, 6.45) is 4.84. The minimum atomic E-state index is 0.0814. The van der Waals surface area contributed by atoms with E-state index in [-0.39, 0.29) is 11.8 Å². The molecule has 1 aromatic heterocycles. The van der Waals surface area contributed by atoms with Crippen LogP contribution in [0, 0.1) is 18.8 Å². The first-order chi connectivity index (χ1) is 8.70. The van der Waals surface area contributed by atoms with E-state index >= 15 is 0 Å². The predicted molar refractivity (Wildman–Crippen MR) is 68.5 cm³/mol. The third-order valence-electron chi connectivity index (χ3n) is 3.58. The summed E-state index contributed by atoms with van der Waals surface area (Å²) in [5.41, 5.74) is 6.53. The number of hydrogen-bond acceptors (Lipinski definition) is 4. The maximum Gasteiger partial charge on any atom is 0.223 e. The third kappa shape index (κ3) is 3.04. The van der Waals surface area contributed by atoms with Gasteiger partial charge in [-0.3, -0.25) is 4.79 Å². The zero-order valence-electron chi connectivity index (χ0n) is 10.7. The molecule has 1 heterocycles. The van der Waals surface area contributed by atoms with E-state index in [9.17, 15) is 4.79 Å². The first-order valence-corrected chi connectivity index (χ1v) is 6.47. The molecule has 0 unspecified atom stereocenters. The largest absolute Gasteiger partial charge is 0.350 e. The van der Waals surface area contributed by atoms with E-state index < -0.39 is 0 Å². The van der Waals surface area contributed by atoms with Crippen LogP contribution in [0.25, 0.3) is 0 Å². The number of aromatic nitrogens is 2. The van der Waals surface area contributed by atoms with Gasteiger partial charge in [0.25, 0.3) is 0 Å². The van der Waals surface area contributed by atoms with Gasteiger partial charge in [0.1, 0.15) is 5.82 Å². The number of hydrogen-bond donors (Lipinski definition) is 2. The van der Waals surface area contributed by atoms with Gasteiger partial charge in [-0.05, 0) is 38.3 Å². The van der Waals surface area contributed by atoms with Crippen molar-refractivity contribution in [3.63, 3.8) is 0 Å². The molecule has 1 aliphatic rings. The number of carbonyl (C=O) groups excluding carboxylic acids is 1. The lowest BCUT2D eigenvalue weighted by molar-refractivity contribution is -0.126. The molecule has 1 aromatic rings. The van der Waals surface area contributed by atoms with Crippen LogP contribution < -0.4 is 11.1 Å². The van der Waals surface area contributed by atoms with Crippen molar-refractivity contribution in [1.82, 2.24) is 15.3 Å². The van der Waals surface area contributed by atoms with Crippen LogP contribution in [0.3, 0.4) is 0 Å². The molecular weight excluding hydrogens is 228 g/mol. The van der Waals surface area contributed by atoms with Gasteiger partial charge in [0, 0.05) is 12.1 Å². The molecule has 1 saturated carbocycles. The molecule has 0 aromatic carbocycles. The first-order valence-electron chi connectivity index (χ1n) is 6.47. The number of carbonyl (C=O) groups is 1. The average molecular weight is 248 g/mol. The van der Waals surface area contributed by atoms with Gasteiger partial charge in [0.05, 0.1) is 12.2 Å². The Bertz CT molecular complexity index is 421. The third-order valence-corrected chi connectivity index (χ3v) is 3.58. The lowest BCUT2D eigenvalue weighted by atomic mass is 9.95. The number of rotatable bonds is 4. The Kier molecular flexibility index (Phi) is 4.25. The summed E-state index contributed by atoms with van der Waals surface area (Å²) < 4.78 is 0. The van der Waals surface area contributed by atoms with Crippen LogP contribution in [0.1, 0.15) is 30.8 Å². The van der Waals surface area contributed by atoms with Crippen molar-refractivity contribution in [2.75, 3.05) is 6.54 Å². The zero-order chi connectivity index (χ0) is 13.0. The molecular formula is C13H20N4O. The summed E-state index contributed by atoms with van der Waals surface area (Å²) >= 11 is 0. The molecule has 18 heavy (non-hydrogen) atoms. The Morgan fingerprint density at radius 3 is 3.11 bits per heavy atom. The molecule has 1 aliphatic carbocycles. The van der Waals surface area contributed by atoms with E-state index in [1.54, 1.807) is 6.20 Å². The lowest BCUT2D eigenvalue weighted by Crippen LogP contribution is -2.34. The molecule has 5 nitrogen and oxygen atoms in total. The van der Waals surface area contributed by atoms with Crippen molar-refractivity contribution in [3.05, 3.63) is 23.8 Å². The van der Waals surface area contributed by atoms with Crippen LogP contribution in [0.4, 0.5) is 0 Å². The topological polar surface area (TPSA) is 80.9 Å². The van der Waals surface area contributed by atoms with Crippen LogP contribution in [-0.2, 0) is 11.3 Å². The summed E-state index contributed by atoms with van der Waals surface area (Å²) in [7, 11) is 0. The molecule has 2 rings (SSSR count). The molecule has 1 amide bonds. The molecule has 1 fully saturated rings. The van der Waals surface area contributed by atoms with Crippen molar-refractivity contribution in [2.24, 2.45) is 17.6 Å². The van der Waals surface area contributed by atoms with E-state index in [2.05, 4.69) is 15.3 Å². The van der Waals surface area contributed by atoms with E-state index in [4.69, 9.17) is 5.73 Å². The van der Waals surface area contributed by atoms with Crippen molar-refractivity contribution in [2.45, 2.75) is 32.7 Å². The summed E-state index contributed by atoms with van der Waals surface area (Å²) in [5.74, 6) is 1.26. The van der Waals surface area contributed by atoms with E-state index in [0.29, 0.717) is 19.0 Å². The van der Waals surface area contributed by atoms with Crippen LogP contribution in [0.2, 0.25) is 0 Å².